The molecule has 0 bridgehead atoms. The highest BCUT2D eigenvalue weighted by atomic mass is 16.6. The van der Waals surface area contributed by atoms with E-state index in [1.54, 1.807) is 20.8 Å². The minimum absolute atomic E-state index is 0.0725. The molecule has 8 nitrogen and oxygen atoms in total. The monoisotopic (exact) mass is 491 g/mol. The van der Waals surface area contributed by atoms with Crippen LogP contribution in [-0.4, -0.2) is 58.2 Å². The highest BCUT2D eigenvalue weighted by molar-refractivity contribution is 5.92. The molecule has 0 saturated heterocycles. The highest BCUT2D eigenvalue weighted by Gasteiger charge is 2.38. The molecule has 35 heavy (non-hydrogen) atoms. The van der Waals surface area contributed by atoms with Crippen LogP contribution in [0.25, 0.3) is 0 Å². The van der Waals surface area contributed by atoms with Gasteiger partial charge in [-0.2, -0.15) is 0 Å². The van der Waals surface area contributed by atoms with Crippen LogP contribution in [0.5, 0.6) is 0 Å². The first kappa shape index (κ1) is 30.4. The van der Waals surface area contributed by atoms with E-state index >= 15 is 0 Å². The predicted octanol–water partition coefficient (Wildman–Crippen LogP) is 4.02. The second-order valence-electron chi connectivity index (χ2n) is 11.3. The van der Waals surface area contributed by atoms with E-state index < -0.39 is 35.2 Å². The normalized spacial score (nSPS) is 14.5. The van der Waals surface area contributed by atoms with Gasteiger partial charge in [-0.15, -0.1) is 0 Å². The molecule has 3 unspecified atom stereocenters. The summed E-state index contributed by atoms with van der Waals surface area (Å²) in [5, 5.41) is 15.6. The summed E-state index contributed by atoms with van der Waals surface area (Å²) in [6, 6.07) is 3.71. The number of alkyl carbamates (subject to hydrolysis) is 1. The Morgan fingerprint density at radius 3 is 2.11 bits per heavy atom. The first-order valence-electron chi connectivity index (χ1n) is 12.3. The van der Waals surface area contributed by atoms with Crippen molar-refractivity contribution in [3.05, 3.63) is 34.9 Å². The number of aryl methyl sites for hydroxylation is 2. The van der Waals surface area contributed by atoms with Crippen molar-refractivity contribution in [2.24, 2.45) is 5.92 Å². The zero-order chi connectivity index (χ0) is 27.1. The number of carbonyl (C=O) groups excluding carboxylic acids is 3. The summed E-state index contributed by atoms with van der Waals surface area (Å²) < 4.78 is 5.39. The van der Waals surface area contributed by atoms with Gasteiger partial charge in [-0.05, 0) is 78.0 Å². The lowest BCUT2D eigenvalue weighted by Gasteiger charge is -2.37. The van der Waals surface area contributed by atoms with E-state index in [4.69, 9.17) is 4.74 Å². The van der Waals surface area contributed by atoms with Gasteiger partial charge in [0.05, 0.1) is 6.61 Å². The molecular weight excluding hydrogens is 446 g/mol. The number of ether oxygens (including phenoxy) is 1. The van der Waals surface area contributed by atoms with Crippen molar-refractivity contribution in [2.45, 2.75) is 98.9 Å². The maximum absolute atomic E-state index is 13.9. The van der Waals surface area contributed by atoms with Gasteiger partial charge in [0.1, 0.15) is 17.7 Å². The van der Waals surface area contributed by atoms with Crippen LogP contribution in [0.15, 0.2) is 18.2 Å². The molecule has 0 radical (unpaired) electrons. The van der Waals surface area contributed by atoms with E-state index in [2.05, 4.69) is 10.6 Å². The molecule has 0 saturated carbocycles. The summed E-state index contributed by atoms with van der Waals surface area (Å²) in [5.74, 6) is -1.04. The van der Waals surface area contributed by atoms with E-state index in [0.29, 0.717) is 12.0 Å². The van der Waals surface area contributed by atoms with E-state index in [9.17, 15) is 19.5 Å². The molecule has 0 aliphatic carbocycles. The molecule has 8 heteroatoms. The molecule has 0 aromatic heterocycles. The van der Waals surface area contributed by atoms with Crippen molar-refractivity contribution < 1.29 is 24.2 Å². The molecule has 0 heterocycles. The summed E-state index contributed by atoms with van der Waals surface area (Å²) in [6.45, 7) is 18.1. The zero-order valence-corrected chi connectivity index (χ0v) is 23.1. The topological polar surface area (TPSA) is 108 Å². The summed E-state index contributed by atoms with van der Waals surface area (Å²) >= 11 is 0. The number of hydrogen-bond acceptors (Lipinski definition) is 5. The minimum atomic E-state index is -0.986. The fourth-order valence-corrected chi connectivity index (χ4v) is 3.62. The van der Waals surface area contributed by atoms with E-state index in [1.165, 1.54) is 4.90 Å². The van der Waals surface area contributed by atoms with Crippen molar-refractivity contribution in [3.8, 4) is 0 Å². The van der Waals surface area contributed by atoms with Gasteiger partial charge >= 0.3 is 6.09 Å². The van der Waals surface area contributed by atoms with Gasteiger partial charge in [-0.25, -0.2) is 4.79 Å². The standard InChI is InChI=1S/C27H45N3O5/c1-11-17(2)21(28-25(34)35-27(8,9)10)24(33)30(14-15-31)22(23(32)29-26(5,6)7)20-13-12-18(3)19(4)16-20/h12-13,16-17,21-22,31H,11,14-15H2,1-10H3,(H,28,34)(H,29,32). The van der Waals surface area contributed by atoms with Gasteiger partial charge in [0, 0.05) is 12.1 Å². The highest BCUT2D eigenvalue weighted by Crippen LogP contribution is 2.27. The molecule has 0 spiro atoms. The average Bonchev–Trinajstić information content (AvgIpc) is 2.70. The van der Waals surface area contributed by atoms with Gasteiger partial charge in [0.2, 0.25) is 11.8 Å². The van der Waals surface area contributed by atoms with Gasteiger partial charge < -0.3 is 25.4 Å². The van der Waals surface area contributed by atoms with E-state index in [-0.39, 0.29) is 25.0 Å². The largest absolute Gasteiger partial charge is 0.444 e. The number of aliphatic hydroxyl groups excluding tert-OH is 1. The summed E-state index contributed by atoms with van der Waals surface area (Å²) in [7, 11) is 0. The van der Waals surface area contributed by atoms with Crippen LogP contribution in [0.3, 0.4) is 0 Å². The lowest BCUT2D eigenvalue weighted by molar-refractivity contribution is -0.144. The van der Waals surface area contributed by atoms with Gasteiger partial charge in [0.15, 0.2) is 0 Å². The van der Waals surface area contributed by atoms with Crippen molar-refractivity contribution in [1.82, 2.24) is 15.5 Å². The lowest BCUT2D eigenvalue weighted by Crippen LogP contribution is -2.56. The second-order valence-corrected chi connectivity index (χ2v) is 11.3. The summed E-state index contributed by atoms with van der Waals surface area (Å²) in [5.41, 5.74) is 1.42. The van der Waals surface area contributed by atoms with Gasteiger partial charge in [0.25, 0.3) is 0 Å². The Hall–Kier alpha value is -2.61. The Kier molecular flexibility index (Phi) is 10.8. The smallest absolute Gasteiger partial charge is 0.408 e. The van der Waals surface area contributed by atoms with Crippen molar-refractivity contribution >= 4 is 17.9 Å². The van der Waals surface area contributed by atoms with E-state index in [0.717, 1.165) is 11.1 Å². The van der Waals surface area contributed by atoms with Gasteiger partial charge in [-0.3, -0.25) is 9.59 Å². The Balaban J connectivity index is 3.54. The van der Waals surface area contributed by atoms with Crippen molar-refractivity contribution in [1.29, 1.82) is 0 Å². The summed E-state index contributed by atoms with van der Waals surface area (Å²) in [6.07, 6.45) is -0.0937. The number of nitrogens with one attached hydrogen (secondary N) is 2. The third-order valence-electron chi connectivity index (χ3n) is 5.68. The lowest BCUT2D eigenvalue weighted by atomic mass is 9.94. The molecule has 1 aromatic rings. The van der Waals surface area contributed by atoms with Crippen LogP contribution in [0.2, 0.25) is 0 Å². The molecule has 1 rings (SSSR count). The molecule has 1 aromatic carbocycles. The van der Waals surface area contributed by atoms with Crippen LogP contribution >= 0.6 is 0 Å². The Bertz CT molecular complexity index is 886. The fraction of sp³-hybridized carbons (Fsp3) is 0.667. The van der Waals surface area contributed by atoms with Crippen LogP contribution < -0.4 is 10.6 Å². The number of aliphatic hydroxyl groups is 1. The number of rotatable bonds is 9. The number of carbonyl (C=O) groups is 3. The molecule has 198 valence electrons. The minimum Gasteiger partial charge on any atom is -0.444 e. The predicted molar refractivity (Wildman–Crippen MR) is 138 cm³/mol. The zero-order valence-electron chi connectivity index (χ0n) is 23.1. The van der Waals surface area contributed by atoms with Crippen LogP contribution in [0.1, 0.15) is 84.5 Å². The molecule has 0 aliphatic rings. The first-order chi connectivity index (χ1) is 16.0. The number of nitrogens with zero attached hydrogens (tertiary/aromatic N) is 1. The molecule has 3 amide bonds. The van der Waals surface area contributed by atoms with E-state index in [1.807, 2.05) is 66.7 Å². The van der Waals surface area contributed by atoms with Crippen LogP contribution in [0.4, 0.5) is 4.79 Å². The molecule has 0 fully saturated rings. The Morgan fingerprint density at radius 1 is 1.06 bits per heavy atom. The van der Waals surface area contributed by atoms with Crippen molar-refractivity contribution in [3.63, 3.8) is 0 Å². The third-order valence-corrected chi connectivity index (χ3v) is 5.68. The fourth-order valence-electron chi connectivity index (χ4n) is 3.62. The number of hydrogen-bond donors (Lipinski definition) is 3. The number of benzene rings is 1. The molecule has 3 atom stereocenters. The molecular formula is C27H45N3O5. The summed E-state index contributed by atoms with van der Waals surface area (Å²) in [4.78, 5) is 41.4. The average molecular weight is 492 g/mol. The molecule has 3 N–H and O–H groups in total. The van der Waals surface area contributed by atoms with Crippen molar-refractivity contribution in [2.75, 3.05) is 13.2 Å². The van der Waals surface area contributed by atoms with Crippen LogP contribution in [-0.2, 0) is 14.3 Å². The Morgan fingerprint density at radius 2 is 1.66 bits per heavy atom. The maximum atomic E-state index is 13.9. The maximum Gasteiger partial charge on any atom is 0.408 e. The second kappa shape index (κ2) is 12.4. The quantitative estimate of drug-likeness (QED) is 0.484. The SMILES string of the molecule is CCC(C)C(NC(=O)OC(C)(C)C)C(=O)N(CCO)C(C(=O)NC(C)(C)C)c1ccc(C)c(C)c1. The first-order valence-corrected chi connectivity index (χ1v) is 12.3. The number of amides is 3. The molecule has 0 aliphatic heterocycles. The Labute approximate surface area is 210 Å². The van der Waals surface area contributed by atoms with Crippen LogP contribution in [0, 0.1) is 19.8 Å². The van der Waals surface area contributed by atoms with Gasteiger partial charge in [-0.1, -0.05) is 38.5 Å². The third kappa shape index (κ3) is 9.51.